The fourth-order valence-corrected chi connectivity index (χ4v) is 3.96. The molecule has 1 aromatic heterocycles. The average Bonchev–Trinajstić information content (AvgIpc) is 2.94. The third kappa shape index (κ3) is 3.30. The summed E-state index contributed by atoms with van der Waals surface area (Å²) in [5.74, 6) is 2.51. The highest BCUT2D eigenvalue weighted by atomic mass is 16.5. The number of hydrogen-bond acceptors (Lipinski definition) is 5. The van der Waals surface area contributed by atoms with Gasteiger partial charge in [-0.25, -0.2) is 0 Å². The van der Waals surface area contributed by atoms with Crippen LogP contribution in [0.4, 0.5) is 0 Å². The van der Waals surface area contributed by atoms with Crippen LogP contribution in [0.3, 0.4) is 0 Å². The second kappa shape index (κ2) is 6.07. The van der Waals surface area contributed by atoms with Crippen molar-refractivity contribution >= 4 is 0 Å². The van der Waals surface area contributed by atoms with Crippen molar-refractivity contribution in [3.05, 3.63) is 17.0 Å². The van der Waals surface area contributed by atoms with Crippen molar-refractivity contribution < 1.29 is 9.63 Å². The molecule has 3 rings (SSSR count). The van der Waals surface area contributed by atoms with E-state index < -0.39 is 0 Å². The summed E-state index contributed by atoms with van der Waals surface area (Å²) < 4.78 is 5.27. The van der Waals surface area contributed by atoms with Crippen LogP contribution >= 0.6 is 0 Å². The first-order chi connectivity index (χ1) is 10.0. The number of β-amino-alcohol motifs (C(OH)–C–C–N with tert-alkyl or cyclic N) is 1. The summed E-state index contributed by atoms with van der Waals surface area (Å²) in [6.07, 6.45) is 1.05. The van der Waals surface area contributed by atoms with Crippen molar-refractivity contribution in [2.75, 3.05) is 32.7 Å². The molecule has 118 valence electrons. The van der Waals surface area contributed by atoms with Crippen LogP contribution in [0.5, 0.6) is 0 Å². The second-order valence-electron chi connectivity index (χ2n) is 6.91. The number of piperidine rings is 1. The third-order valence-electron chi connectivity index (χ3n) is 5.05. The number of aromatic nitrogens is 1. The third-order valence-corrected chi connectivity index (χ3v) is 5.05. The number of aryl methyl sites for hydroxylation is 2. The van der Waals surface area contributed by atoms with Crippen molar-refractivity contribution in [2.45, 2.75) is 39.8 Å². The highest BCUT2D eigenvalue weighted by Gasteiger charge is 2.37. The molecule has 0 bridgehead atoms. The lowest BCUT2D eigenvalue weighted by Gasteiger charge is -2.34. The molecule has 2 fully saturated rings. The van der Waals surface area contributed by atoms with E-state index in [0.29, 0.717) is 0 Å². The maximum absolute atomic E-state index is 9.56. The summed E-state index contributed by atoms with van der Waals surface area (Å²) in [7, 11) is 0. The molecule has 0 aliphatic carbocycles. The Morgan fingerprint density at radius 3 is 2.62 bits per heavy atom. The number of rotatable bonds is 4. The second-order valence-corrected chi connectivity index (χ2v) is 6.91. The van der Waals surface area contributed by atoms with Gasteiger partial charge in [-0.2, -0.15) is 0 Å². The smallest absolute Gasteiger partial charge is 0.138 e. The molecule has 1 unspecified atom stereocenters. The Hall–Kier alpha value is -0.910. The van der Waals surface area contributed by atoms with E-state index in [-0.39, 0.29) is 6.10 Å². The Kier molecular flexibility index (Phi) is 4.33. The van der Waals surface area contributed by atoms with Crippen LogP contribution in [0.2, 0.25) is 0 Å². The molecule has 1 N–H and O–H groups in total. The van der Waals surface area contributed by atoms with E-state index in [9.17, 15) is 5.11 Å². The van der Waals surface area contributed by atoms with Gasteiger partial charge in [0.25, 0.3) is 0 Å². The van der Waals surface area contributed by atoms with Crippen molar-refractivity contribution in [1.29, 1.82) is 0 Å². The van der Waals surface area contributed by atoms with Crippen LogP contribution in [0.25, 0.3) is 0 Å². The first-order valence-electron chi connectivity index (χ1n) is 8.07. The molecule has 2 aliphatic rings. The molecule has 0 aromatic carbocycles. The number of fused-ring (bicyclic) bond motifs is 1. The van der Waals surface area contributed by atoms with E-state index in [1.807, 2.05) is 20.8 Å². The highest BCUT2D eigenvalue weighted by molar-refractivity contribution is 5.20. The van der Waals surface area contributed by atoms with E-state index in [1.54, 1.807) is 0 Å². The first kappa shape index (κ1) is 15.0. The summed E-state index contributed by atoms with van der Waals surface area (Å²) in [6, 6.07) is 0. The summed E-state index contributed by atoms with van der Waals surface area (Å²) in [4.78, 5) is 4.97. The normalized spacial score (nSPS) is 28.8. The molecule has 0 radical (unpaired) electrons. The Morgan fingerprint density at radius 1 is 1.24 bits per heavy atom. The number of aliphatic hydroxyl groups is 1. The van der Waals surface area contributed by atoms with E-state index in [2.05, 4.69) is 15.0 Å². The van der Waals surface area contributed by atoms with Gasteiger partial charge in [0.15, 0.2) is 0 Å². The molecule has 0 saturated carbocycles. The van der Waals surface area contributed by atoms with Gasteiger partial charge in [0.2, 0.25) is 0 Å². The summed E-state index contributed by atoms with van der Waals surface area (Å²) in [5, 5.41) is 13.6. The van der Waals surface area contributed by atoms with Gasteiger partial charge in [-0.15, -0.1) is 0 Å². The molecule has 5 heteroatoms. The monoisotopic (exact) mass is 293 g/mol. The van der Waals surface area contributed by atoms with E-state index >= 15 is 0 Å². The molecule has 2 saturated heterocycles. The van der Waals surface area contributed by atoms with E-state index in [4.69, 9.17) is 4.52 Å². The highest BCUT2D eigenvalue weighted by Crippen LogP contribution is 2.32. The van der Waals surface area contributed by atoms with Crippen molar-refractivity contribution in [2.24, 2.45) is 11.8 Å². The fourth-order valence-electron chi connectivity index (χ4n) is 3.96. The Labute approximate surface area is 126 Å². The summed E-state index contributed by atoms with van der Waals surface area (Å²) in [5.41, 5.74) is 2.28. The molecular formula is C16H27N3O2. The minimum absolute atomic E-state index is 0.219. The molecule has 0 amide bonds. The van der Waals surface area contributed by atoms with Gasteiger partial charge in [-0.05, 0) is 45.6 Å². The lowest BCUT2D eigenvalue weighted by Crippen LogP contribution is -2.39. The van der Waals surface area contributed by atoms with Gasteiger partial charge in [0.1, 0.15) is 5.76 Å². The predicted octanol–water partition coefficient (Wildman–Crippen LogP) is 1.43. The maximum atomic E-state index is 9.56. The Bertz CT molecular complexity index is 466. The Morgan fingerprint density at radius 2 is 1.95 bits per heavy atom. The summed E-state index contributed by atoms with van der Waals surface area (Å²) in [6.45, 7) is 12.3. The maximum Gasteiger partial charge on any atom is 0.138 e. The topological polar surface area (TPSA) is 52.7 Å². The van der Waals surface area contributed by atoms with Gasteiger partial charge in [-0.3, -0.25) is 4.90 Å². The quantitative estimate of drug-likeness (QED) is 0.910. The zero-order chi connectivity index (χ0) is 15.0. The first-order valence-corrected chi connectivity index (χ1v) is 8.07. The van der Waals surface area contributed by atoms with Crippen LogP contribution in [-0.4, -0.2) is 58.9 Å². The van der Waals surface area contributed by atoms with Gasteiger partial charge in [0.05, 0.1) is 11.8 Å². The lowest BCUT2D eigenvalue weighted by atomic mass is 9.88. The molecule has 21 heavy (non-hydrogen) atoms. The van der Waals surface area contributed by atoms with Crippen LogP contribution < -0.4 is 0 Å². The molecule has 0 spiro atoms. The van der Waals surface area contributed by atoms with Gasteiger partial charge < -0.3 is 14.5 Å². The Balaban J connectivity index is 1.58. The average molecular weight is 293 g/mol. The van der Waals surface area contributed by atoms with E-state index in [1.165, 1.54) is 12.0 Å². The van der Waals surface area contributed by atoms with Crippen molar-refractivity contribution in [1.82, 2.24) is 15.0 Å². The van der Waals surface area contributed by atoms with Gasteiger partial charge in [0, 0.05) is 38.3 Å². The van der Waals surface area contributed by atoms with Gasteiger partial charge >= 0.3 is 0 Å². The van der Waals surface area contributed by atoms with Crippen LogP contribution in [0.1, 0.15) is 30.4 Å². The van der Waals surface area contributed by atoms with E-state index in [0.717, 1.165) is 62.6 Å². The van der Waals surface area contributed by atoms with Crippen LogP contribution in [0.15, 0.2) is 4.52 Å². The minimum atomic E-state index is -0.219. The number of hydrogen-bond donors (Lipinski definition) is 1. The number of nitrogens with zero attached hydrogens (tertiary/aromatic N) is 3. The molecule has 3 heterocycles. The molecular weight excluding hydrogens is 266 g/mol. The predicted molar refractivity (Wildman–Crippen MR) is 81.0 cm³/mol. The van der Waals surface area contributed by atoms with Crippen molar-refractivity contribution in [3.8, 4) is 0 Å². The fraction of sp³-hybridized carbons (Fsp3) is 0.812. The standard InChI is InChI=1S/C16H27N3O2/c1-11(20)6-19-7-14-4-5-18(8-15(14)9-19)10-16-12(2)17-21-13(16)3/h11,14-15,20H,4-10H2,1-3H3/t11?,14-,15+/m1/s1. The number of aliphatic hydroxyl groups excluding tert-OH is 1. The lowest BCUT2D eigenvalue weighted by molar-refractivity contribution is 0.135. The molecule has 2 aliphatic heterocycles. The largest absolute Gasteiger partial charge is 0.392 e. The van der Waals surface area contributed by atoms with Crippen LogP contribution in [0, 0.1) is 25.7 Å². The van der Waals surface area contributed by atoms with Crippen molar-refractivity contribution in [3.63, 3.8) is 0 Å². The summed E-state index contributed by atoms with van der Waals surface area (Å²) >= 11 is 0. The SMILES string of the molecule is Cc1noc(C)c1CN1CC[C@@H]2CN(CC(C)O)C[C@@H]2C1. The molecule has 5 nitrogen and oxygen atoms in total. The zero-order valence-corrected chi connectivity index (χ0v) is 13.4. The zero-order valence-electron chi connectivity index (χ0n) is 13.4. The van der Waals surface area contributed by atoms with Crippen LogP contribution in [-0.2, 0) is 6.54 Å². The van der Waals surface area contributed by atoms with Gasteiger partial charge in [-0.1, -0.05) is 5.16 Å². The minimum Gasteiger partial charge on any atom is -0.392 e. The number of likely N-dealkylation sites (tertiary alicyclic amines) is 2. The molecule has 1 aromatic rings. The molecule has 3 atom stereocenters.